The number of hydrogen-bond donors (Lipinski definition) is 3. The topological polar surface area (TPSA) is 83.5 Å². The molecule has 1 aromatic carbocycles. The Bertz CT molecular complexity index is 415. The molecule has 0 saturated carbocycles. The Kier molecular flexibility index (Phi) is 2.97. The summed E-state index contributed by atoms with van der Waals surface area (Å²) in [4.78, 5) is 10.2. The van der Waals surface area contributed by atoms with Crippen LogP contribution in [0.15, 0.2) is 18.2 Å². The van der Waals surface area contributed by atoms with Gasteiger partial charge in [-0.05, 0) is 12.1 Å². The van der Waals surface area contributed by atoms with E-state index >= 15 is 0 Å². The normalized spacial score (nSPS) is 8.86. The molecule has 0 radical (unpaired) electrons. The molecule has 4 heteroatoms. The van der Waals surface area contributed by atoms with Crippen LogP contribution in [0.2, 0.25) is 0 Å². The van der Waals surface area contributed by atoms with Gasteiger partial charge in [0.25, 0.3) is 0 Å². The van der Waals surface area contributed by atoms with Crippen molar-refractivity contribution in [3.63, 3.8) is 0 Å². The molecule has 0 heterocycles. The minimum Gasteiger partial charge on any atom is -0.508 e. The maximum atomic E-state index is 10.2. The number of anilines is 1. The molecular formula is C10H9NO3. The molecule has 0 spiro atoms. The third-order valence-electron chi connectivity index (χ3n) is 1.50. The van der Waals surface area contributed by atoms with Crippen LogP contribution >= 0.6 is 0 Å². The Morgan fingerprint density at radius 2 is 2.21 bits per heavy atom. The number of rotatable bonds is 1. The van der Waals surface area contributed by atoms with E-state index in [1.165, 1.54) is 12.1 Å². The molecule has 1 aromatic rings. The van der Waals surface area contributed by atoms with E-state index in [0.29, 0.717) is 11.3 Å². The highest BCUT2D eigenvalue weighted by Gasteiger charge is 1.96. The molecule has 0 aliphatic rings. The zero-order chi connectivity index (χ0) is 10.6. The number of carboxylic acids is 1. The van der Waals surface area contributed by atoms with Crippen LogP contribution < -0.4 is 5.73 Å². The first kappa shape index (κ1) is 9.93. The number of hydrogen-bond acceptors (Lipinski definition) is 3. The largest absolute Gasteiger partial charge is 0.508 e. The number of nitrogens with two attached hydrogens (primary N) is 1. The summed E-state index contributed by atoms with van der Waals surface area (Å²) in [5.74, 6) is 4.14. The monoisotopic (exact) mass is 191 g/mol. The summed E-state index contributed by atoms with van der Waals surface area (Å²) in [5.41, 5.74) is 6.38. The van der Waals surface area contributed by atoms with Gasteiger partial charge in [-0.3, -0.25) is 4.79 Å². The molecule has 0 bridgehead atoms. The van der Waals surface area contributed by atoms with Crippen molar-refractivity contribution in [2.75, 3.05) is 5.73 Å². The lowest BCUT2D eigenvalue weighted by molar-refractivity contribution is -0.135. The van der Waals surface area contributed by atoms with Crippen LogP contribution in [0, 0.1) is 11.8 Å². The molecule has 0 aliphatic heterocycles. The summed E-state index contributed by atoms with van der Waals surface area (Å²) in [6.45, 7) is 0. The summed E-state index contributed by atoms with van der Waals surface area (Å²) < 4.78 is 0. The summed E-state index contributed by atoms with van der Waals surface area (Å²) >= 11 is 0. The number of aromatic hydroxyl groups is 1. The van der Waals surface area contributed by atoms with Crippen molar-refractivity contribution in [2.45, 2.75) is 6.42 Å². The second kappa shape index (κ2) is 4.19. The number of nitrogen functional groups attached to an aromatic ring is 1. The van der Waals surface area contributed by atoms with Crippen molar-refractivity contribution in [3.8, 4) is 17.6 Å². The lowest BCUT2D eigenvalue weighted by Gasteiger charge is -1.97. The predicted octanol–water partition coefficient (Wildman–Crippen LogP) is 0.801. The Labute approximate surface area is 81.0 Å². The second-order valence-electron chi connectivity index (χ2n) is 2.64. The lowest BCUT2D eigenvalue weighted by Crippen LogP contribution is -1.92. The maximum absolute atomic E-state index is 10.2. The van der Waals surface area contributed by atoms with Crippen LogP contribution in [0.4, 0.5) is 5.69 Å². The molecule has 0 atom stereocenters. The minimum atomic E-state index is -0.977. The highest BCUT2D eigenvalue weighted by Crippen LogP contribution is 2.17. The Morgan fingerprint density at radius 3 is 2.79 bits per heavy atom. The summed E-state index contributed by atoms with van der Waals surface area (Å²) in [6, 6.07) is 4.35. The van der Waals surface area contributed by atoms with Gasteiger partial charge in [0, 0.05) is 11.6 Å². The molecule has 0 amide bonds. The minimum absolute atomic E-state index is 0.0614. The Morgan fingerprint density at radius 1 is 1.50 bits per heavy atom. The Balaban J connectivity index is 2.85. The van der Waals surface area contributed by atoms with Crippen molar-refractivity contribution in [1.82, 2.24) is 0 Å². The molecule has 0 unspecified atom stereocenters. The van der Waals surface area contributed by atoms with Gasteiger partial charge in [-0.2, -0.15) is 0 Å². The lowest BCUT2D eigenvalue weighted by atomic mass is 10.2. The molecule has 0 saturated heterocycles. The molecule has 0 aromatic heterocycles. The van der Waals surface area contributed by atoms with E-state index in [1.807, 2.05) is 0 Å². The molecular weight excluding hydrogens is 182 g/mol. The van der Waals surface area contributed by atoms with Gasteiger partial charge in [0.1, 0.15) is 12.2 Å². The Hall–Kier alpha value is -2.15. The molecule has 1 rings (SSSR count). The van der Waals surface area contributed by atoms with Crippen LogP contribution in [0.3, 0.4) is 0 Å². The van der Waals surface area contributed by atoms with Gasteiger partial charge >= 0.3 is 5.97 Å². The summed E-state index contributed by atoms with van der Waals surface area (Å²) in [6.07, 6.45) is -0.222. The number of carboxylic acid groups (broad SMARTS) is 1. The number of benzene rings is 1. The fourth-order valence-electron chi connectivity index (χ4n) is 0.879. The predicted molar refractivity (Wildman–Crippen MR) is 51.7 cm³/mol. The zero-order valence-corrected chi connectivity index (χ0v) is 7.32. The van der Waals surface area contributed by atoms with Crippen LogP contribution in [-0.2, 0) is 4.79 Å². The maximum Gasteiger partial charge on any atom is 0.315 e. The summed E-state index contributed by atoms with van der Waals surface area (Å²) in [5, 5.41) is 17.4. The van der Waals surface area contributed by atoms with Crippen LogP contribution in [-0.4, -0.2) is 16.2 Å². The van der Waals surface area contributed by atoms with E-state index in [9.17, 15) is 4.79 Å². The number of carbonyl (C=O) groups is 1. The van der Waals surface area contributed by atoms with Crippen molar-refractivity contribution in [1.29, 1.82) is 0 Å². The van der Waals surface area contributed by atoms with E-state index in [2.05, 4.69) is 11.8 Å². The van der Waals surface area contributed by atoms with Gasteiger partial charge in [-0.25, -0.2) is 0 Å². The van der Waals surface area contributed by atoms with E-state index in [-0.39, 0.29) is 12.2 Å². The quantitative estimate of drug-likeness (QED) is 0.453. The molecule has 14 heavy (non-hydrogen) atoms. The smallest absolute Gasteiger partial charge is 0.315 e. The van der Waals surface area contributed by atoms with Gasteiger partial charge < -0.3 is 15.9 Å². The third-order valence-corrected chi connectivity index (χ3v) is 1.50. The first-order chi connectivity index (χ1) is 6.59. The fourth-order valence-corrected chi connectivity index (χ4v) is 0.879. The highest BCUT2D eigenvalue weighted by atomic mass is 16.4. The average Bonchev–Trinajstić information content (AvgIpc) is 2.08. The molecule has 0 aliphatic carbocycles. The van der Waals surface area contributed by atoms with Gasteiger partial charge in [0.15, 0.2) is 0 Å². The van der Waals surface area contributed by atoms with Gasteiger partial charge in [-0.1, -0.05) is 11.8 Å². The van der Waals surface area contributed by atoms with Crippen LogP contribution in [0.1, 0.15) is 12.0 Å². The van der Waals surface area contributed by atoms with Crippen molar-refractivity contribution in [2.24, 2.45) is 0 Å². The average molecular weight is 191 g/mol. The van der Waals surface area contributed by atoms with E-state index < -0.39 is 5.97 Å². The molecule has 4 N–H and O–H groups in total. The number of phenols is 1. The van der Waals surface area contributed by atoms with E-state index in [0.717, 1.165) is 0 Å². The van der Waals surface area contributed by atoms with Crippen molar-refractivity contribution in [3.05, 3.63) is 23.8 Å². The highest BCUT2D eigenvalue weighted by molar-refractivity contribution is 5.70. The van der Waals surface area contributed by atoms with E-state index in [1.54, 1.807) is 6.07 Å². The van der Waals surface area contributed by atoms with Crippen molar-refractivity contribution < 1.29 is 15.0 Å². The van der Waals surface area contributed by atoms with Gasteiger partial charge in [0.2, 0.25) is 0 Å². The van der Waals surface area contributed by atoms with Gasteiger partial charge in [-0.15, -0.1) is 0 Å². The SMILES string of the molecule is Nc1cc(O)ccc1C#CCC(=O)O. The third kappa shape index (κ3) is 2.72. The molecule has 0 fully saturated rings. The number of phenolic OH excluding ortho intramolecular Hbond substituents is 1. The fraction of sp³-hybridized carbons (Fsp3) is 0.100. The zero-order valence-electron chi connectivity index (χ0n) is 7.32. The first-order valence-electron chi connectivity index (χ1n) is 3.89. The molecule has 72 valence electrons. The van der Waals surface area contributed by atoms with Gasteiger partial charge in [0.05, 0.1) is 5.69 Å². The molecule has 4 nitrogen and oxygen atoms in total. The summed E-state index contributed by atoms with van der Waals surface area (Å²) in [7, 11) is 0. The van der Waals surface area contributed by atoms with Crippen molar-refractivity contribution >= 4 is 11.7 Å². The standard InChI is InChI=1S/C10H9NO3/c11-9-6-8(12)5-4-7(9)2-1-3-10(13)14/h4-6,12H,3,11H2,(H,13,14). The first-order valence-corrected chi connectivity index (χ1v) is 3.89. The second-order valence-corrected chi connectivity index (χ2v) is 2.64. The van der Waals surface area contributed by atoms with Crippen LogP contribution in [0.5, 0.6) is 5.75 Å². The van der Waals surface area contributed by atoms with Crippen LogP contribution in [0.25, 0.3) is 0 Å². The van der Waals surface area contributed by atoms with E-state index in [4.69, 9.17) is 15.9 Å². The number of aliphatic carboxylic acids is 1.